The number of aromatic nitrogens is 4. The molecule has 1 aliphatic carbocycles. The van der Waals surface area contributed by atoms with Gasteiger partial charge in [-0.3, -0.25) is 9.20 Å². The van der Waals surface area contributed by atoms with Crippen LogP contribution in [0.2, 0.25) is 0 Å². The van der Waals surface area contributed by atoms with Gasteiger partial charge in [0.1, 0.15) is 0 Å². The summed E-state index contributed by atoms with van der Waals surface area (Å²) in [4.78, 5) is 16.8. The van der Waals surface area contributed by atoms with Crippen LogP contribution < -0.4 is 5.32 Å². The maximum Gasteiger partial charge on any atom is 0.256 e. The van der Waals surface area contributed by atoms with Crippen LogP contribution >= 0.6 is 11.8 Å². The smallest absolute Gasteiger partial charge is 0.256 e. The molecule has 0 atom stereocenters. The highest BCUT2D eigenvalue weighted by atomic mass is 32.2. The van der Waals surface area contributed by atoms with Gasteiger partial charge in [-0.1, -0.05) is 39.0 Å². The van der Waals surface area contributed by atoms with Gasteiger partial charge in [-0.15, -0.1) is 10.2 Å². The fourth-order valence-corrected chi connectivity index (χ4v) is 4.80. The van der Waals surface area contributed by atoms with E-state index in [1.54, 1.807) is 0 Å². The third kappa shape index (κ3) is 4.62. The van der Waals surface area contributed by atoms with E-state index in [0.29, 0.717) is 23.0 Å². The van der Waals surface area contributed by atoms with Gasteiger partial charge in [0.25, 0.3) is 5.78 Å². The molecule has 1 N–H and O–H groups in total. The maximum absolute atomic E-state index is 12.4. The molecule has 148 valence electrons. The van der Waals surface area contributed by atoms with Gasteiger partial charge in [0, 0.05) is 17.4 Å². The predicted molar refractivity (Wildman–Crippen MR) is 109 cm³/mol. The number of nitrogens with one attached hydrogen (secondary N) is 1. The number of amides is 1. The maximum atomic E-state index is 12.4. The number of carbonyl (C=O) groups excluding carboxylic acids is 1. The van der Waals surface area contributed by atoms with Crippen molar-refractivity contribution < 1.29 is 4.79 Å². The Balaban J connectivity index is 1.51. The highest BCUT2D eigenvalue weighted by Crippen LogP contribution is 2.40. The van der Waals surface area contributed by atoms with Crippen molar-refractivity contribution in [2.24, 2.45) is 11.3 Å². The Morgan fingerprint density at radius 2 is 1.96 bits per heavy atom. The predicted octanol–water partition coefficient (Wildman–Crippen LogP) is 3.94. The lowest BCUT2D eigenvalue weighted by Crippen LogP contribution is -2.40. The number of hydrogen-bond acceptors (Lipinski definition) is 5. The molecule has 0 spiro atoms. The fourth-order valence-electron chi connectivity index (χ4n) is 4.00. The molecule has 0 saturated heterocycles. The Morgan fingerprint density at radius 1 is 1.26 bits per heavy atom. The minimum absolute atomic E-state index is 0.0766. The summed E-state index contributed by atoms with van der Waals surface area (Å²) in [6, 6.07) is 2.31. The number of rotatable bonds is 6. The first kappa shape index (κ1) is 20.1. The molecule has 3 rings (SSSR count). The second-order valence-electron chi connectivity index (χ2n) is 8.40. The summed E-state index contributed by atoms with van der Waals surface area (Å²) in [5.41, 5.74) is 2.36. The molecule has 0 bridgehead atoms. The molecule has 7 heteroatoms. The summed E-state index contributed by atoms with van der Waals surface area (Å²) in [6.45, 7) is 11.0. The molecule has 1 aliphatic rings. The highest BCUT2D eigenvalue weighted by Gasteiger charge is 2.32. The zero-order valence-electron chi connectivity index (χ0n) is 17.1. The number of nitrogens with zero attached hydrogens (tertiary/aromatic N) is 4. The Kier molecular flexibility index (Phi) is 6.08. The first-order valence-electron chi connectivity index (χ1n) is 9.91. The summed E-state index contributed by atoms with van der Waals surface area (Å²) < 4.78 is 1.91. The average Bonchev–Trinajstić information content (AvgIpc) is 3.03. The molecule has 0 aliphatic heterocycles. The number of fused-ring (bicyclic) bond motifs is 1. The van der Waals surface area contributed by atoms with Crippen molar-refractivity contribution in [3.05, 3.63) is 17.5 Å². The van der Waals surface area contributed by atoms with Crippen molar-refractivity contribution in [1.29, 1.82) is 0 Å². The zero-order chi connectivity index (χ0) is 19.6. The Morgan fingerprint density at radius 3 is 2.63 bits per heavy atom. The van der Waals surface area contributed by atoms with E-state index in [1.807, 2.05) is 24.3 Å². The molecule has 2 heterocycles. The van der Waals surface area contributed by atoms with Crippen LogP contribution in [0.1, 0.15) is 64.3 Å². The molecule has 0 radical (unpaired) electrons. The largest absolute Gasteiger partial charge is 0.353 e. The van der Waals surface area contributed by atoms with Crippen molar-refractivity contribution >= 4 is 23.4 Å². The van der Waals surface area contributed by atoms with Crippen LogP contribution in [0.25, 0.3) is 5.78 Å². The standard InChI is InChI=1S/C20H31N5OS/c1-6-20(4,5)15-7-9-16(10-8-15)22-17(26)12-27-19-24-23-18-21-13(2)11-14(3)25(18)19/h11,15-16H,6-10,12H2,1-5H3,(H,22,26). The third-order valence-corrected chi connectivity index (χ3v) is 7.03. The van der Waals surface area contributed by atoms with Gasteiger partial charge in [0.05, 0.1) is 5.75 Å². The third-order valence-electron chi connectivity index (χ3n) is 6.10. The Bertz CT molecular complexity index is 808. The second-order valence-corrected chi connectivity index (χ2v) is 9.35. The van der Waals surface area contributed by atoms with E-state index in [9.17, 15) is 4.79 Å². The van der Waals surface area contributed by atoms with Crippen LogP contribution in [-0.2, 0) is 4.79 Å². The Hall–Kier alpha value is -1.63. The summed E-state index contributed by atoms with van der Waals surface area (Å²) in [6.07, 6.45) is 5.79. The van der Waals surface area contributed by atoms with E-state index in [2.05, 4.69) is 41.3 Å². The summed E-state index contributed by atoms with van der Waals surface area (Å²) >= 11 is 1.42. The molecule has 2 aromatic rings. The zero-order valence-corrected chi connectivity index (χ0v) is 17.9. The van der Waals surface area contributed by atoms with Crippen LogP contribution in [-0.4, -0.2) is 37.3 Å². The van der Waals surface area contributed by atoms with Crippen molar-refractivity contribution in [3.8, 4) is 0 Å². The van der Waals surface area contributed by atoms with Gasteiger partial charge in [-0.2, -0.15) is 0 Å². The van der Waals surface area contributed by atoms with E-state index in [1.165, 1.54) is 31.0 Å². The van der Waals surface area contributed by atoms with E-state index in [0.717, 1.165) is 35.3 Å². The topological polar surface area (TPSA) is 72.2 Å². The van der Waals surface area contributed by atoms with E-state index >= 15 is 0 Å². The summed E-state index contributed by atoms with van der Waals surface area (Å²) in [5, 5.41) is 12.2. The lowest BCUT2D eigenvalue weighted by molar-refractivity contribution is -0.119. The first-order valence-corrected chi connectivity index (χ1v) is 10.9. The number of hydrogen-bond donors (Lipinski definition) is 1. The summed E-state index contributed by atoms with van der Waals surface area (Å²) in [5.74, 6) is 1.79. The number of thioether (sulfide) groups is 1. The SMILES string of the molecule is CCC(C)(C)C1CCC(NC(=O)CSc2nnc3nc(C)cc(C)n23)CC1. The summed E-state index contributed by atoms with van der Waals surface area (Å²) in [7, 11) is 0. The van der Waals surface area contributed by atoms with Crippen LogP contribution in [0.3, 0.4) is 0 Å². The number of carbonyl (C=O) groups is 1. The molecular weight excluding hydrogens is 358 g/mol. The van der Waals surface area contributed by atoms with Gasteiger partial charge in [0.15, 0.2) is 5.16 Å². The van der Waals surface area contributed by atoms with Crippen molar-refractivity contribution in [1.82, 2.24) is 24.9 Å². The molecule has 1 amide bonds. The van der Waals surface area contributed by atoms with Gasteiger partial charge in [0.2, 0.25) is 5.91 Å². The normalized spacial score (nSPS) is 20.8. The fraction of sp³-hybridized carbons (Fsp3) is 0.700. The van der Waals surface area contributed by atoms with E-state index in [4.69, 9.17) is 0 Å². The van der Waals surface area contributed by atoms with Crippen molar-refractivity contribution in [3.63, 3.8) is 0 Å². The molecular formula is C20H31N5OS. The van der Waals surface area contributed by atoms with Crippen LogP contribution in [0.4, 0.5) is 0 Å². The lowest BCUT2D eigenvalue weighted by Gasteiger charge is -2.39. The molecule has 1 saturated carbocycles. The van der Waals surface area contributed by atoms with Crippen LogP contribution in [0, 0.1) is 25.2 Å². The van der Waals surface area contributed by atoms with Crippen LogP contribution in [0.5, 0.6) is 0 Å². The highest BCUT2D eigenvalue weighted by molar-refractivity contribution is 7.99. The minimum Gasteiger partial charge on any atom is -0.353 e. The minimum atomic E-state index is 0.0766. The quantitative estimate of drug-likeness (QED) is 0.758. The van der Waals surface area contributed by atoms with Crippen molar-refractivity contribution in [2.75, 3.05) is 5.75 Å². The van der Waals surface area contributed by atoms with E-state index < -0.39 is 0 Å². The van der Waals surface area contributed by atoms with Gasteiger partial charge < -0.3 is 5.32 Å². The van der Waals surface area contributed by atoms with Gasteiger partial charge >= 0.3 is 0 Å². The van der Waals surface area contributed by atoms with Gasteiger partial charge in [-0.05, 0) is 56.9 Å². The van der Waals surface area contributed by atoms with Crippen LogP contribution in [0.15, 0.2) is 11.2 Å². The monoisotopic (exact) mass is 389 g/mol. The molecule has 1 fully saturated rings. The van der Waals surface area contributed by atoms with Crippen molar-refractivity contribution in [2.45, 2.75) is 77.9 Å². The number of aryl methyl sites for hydroxylation is 2. The average molecular weight is 390 g/mol. The molecule has 0 aromatic carbocycles. The molecule has 0 unspecified atom stereocenters. The van der Waals surface area contributed by atoms with E-state index in [-0.39, 0.29) is 5.91 Å². The van der Waals surface area contributed by atoms with Gasteiger partial charge in [-0.25, -0.2) is 4.98 Å². The molecule has 6 nitrogen and oxygen atoms in total. The first-order chi connectivity index (χ1) is 12.8. The Labute approximate surface area is 165 Å². The molecule has 2 aromatic heterocycles. The second kappa shape index (κ2) is 8.17. The molecule has 27 heavy (non-hydrogen) atoms. The lowest BCUT2D eigenvalue weighted by atomic mass is 9.69.